The predicted molar refractivity (Wildman–Crippen MR) is 71.3 cm³/mol. The number of rotatable bonds is 5. The van der Waals surface area contributed by atoms with Gasteiger partial charge in [-0.05, 0) is 23.7 Å². The molecule has 0 rings (SSSR count). The Balaban J connectivity index is 5.20. The minimum Gasteiger partial charge on any atom is -0.448 e. The summed E-state index contributed by atoms with van der Waals surface area (Å²) in [4.78, 5) is 11.1. The third kappa shape index (κ3) is 3.51. The normalized spacial score (nSPS) is 16.1. The first-order chi connectivity index (χ1) is 7.12. The van der Waals surface area contributed by atoms with E-state index in [9.17, 15) is 4.79 Å². The first-order valence-corrected chi connectivity index (χ1v) is 7.11. The number of primary amides is 1. The van der Waals surface area contributed by atoms with Crippen molar-refractivity contribution in [3.05, 3.63) is 0 Å². The van der Waals surface area contributed by atoms with Crippen LogP contribution in [0.4, 0.5) is 4.79 Å². The zero-order chi connectivity index (χ0) is 13.1. The van der Waals surface area contributed by atoms with Crippen LogP contribution in [0.1, 0.15) is 41.5 Å². The van der Waals surface area contributed by atoms with Crippen LogP contribution in [0, 0.1) is 23.7 Å². The number of nitrogens with two attached hydrogens (primary N) is 1. The second kappa shape index (κ2) is 5.71. The van der Waals surface area contributed by atoms with Gasteiger partial charge in [0, 0.05) is 0 Å². The molecule has 1 atom stereocenters. The van der Waals surface area contributed by atoms with E-state index < -0.39 is 6.09 Å². The second-order valence-electron chi connectivity index (χ2n) is 5.77. The highest BCUT2D eigenvalue weighted by molar-refractivity contribution is 6.15. The molecular formula is C12H27NO2Si. The molecule has 96 valence electrons. The van der Waals surface area contributed by atoms with E-state index >= 15 is 0 Å². The maximum atomic E-state index is 11.1. The Labute approximate surface area is 103 Å². The summed E-state index contributed by atoms with van der Waals surface area (Å²) in [7, 11) is 0.807. The molecule has 0 aliphatic carbocycles. The van der Waals surface area contributed by atoms with Crippen molar-refractivity contribution in [1.82, 2.24) is 0 Å². The number of ether oxygens (including phenoxy) is 1. The van der Waals surface area contributed by atoms with Crippen molar-refractivity contribution in [2.45, 2.75) is 46.8 Å². The van der Waals surface area contributed by atoms with Gasteiger partial charge < -0.3 is 10.5 Å². The molecule has 0 saturated carbocycles. The molecule has 0 fully saturated rings. The number of amides is 1. The molecule has 0 saturated heterocycles. The van der Waals surface area contributed by atoms with Crippen LogP contribution < -0.4 is 5.73 Å². The van der Waals surface area contributed by atoms with Gasteiger partial charge in [0.2, 0.25) is 0 Å². The Morgan fingerprint density at radius 2 is 1.50 bits per heavy atom. The minimum atomic E-state index is -0.644. The topological polar surface area (TPSA) is 52.3 Å². The van der Waals surface area contributed by atoms with Crippen LogP contribution in [0.5, 0.6) is 0 Å². The van der Waals surface area contributed by atoms with Gasteiger partial charge in [-0.1, -0.05) is 41.5 Å². The Kier molecular flexibility index (Phi) is 5.52. The standard InChI is InChI=1S/C12H27NO2Si/c1-7(2)10(8(3)4)12(16,9(5)6)15-11(13)14/h7-10H,1-6,16H3,(H2,13,14). The molecule has 0 aliphatic rings. The van der Waals surface area contributed by atoms with E-state index in [1.165, 1.54) is 0 Å². The zero-order valence-corrected chi connectivity index (χ0v) is 13.7. The van der Waals surface area contributed by atoms with E-state index in [1.807, 2.05) is 0 Å². The Hall–Kier alpha value is -0.513. The molecule has 0 aromatic carbocycles. The number of hydrogen-bond donors (Lipinski definition) is 1. The average molecular weight is 245 g/mol. The van der Waals surface area contributed by atoms with Gasteiger partial charge in [-0.2, -0.15) is 0 Å². The highest BCUT2D eigenvalue weighted by Crippen LogP contribution is 2.37. The molecule has 1 unspecified atom stereocenters. The molecule has 0 aliphatic heterocycles. The van der Waals surface area contributed by atoms with Crippen molar-refractivity contribution < 1.29 is 9.53 Å². The van der Waals surface area contributed by atoms with E-state index in [0.717, 1.165) is 10.2 Å². The van der Waals surface area contributed by atoms with E-state index in [4.69, 9.17) is 10.5 Å². The number of carbonyl (C=O) groups is 1. The molecule has 4 heteroatoms. The molecule has 0 aromatic heterocycles. The molecule has 0 bridgehead atoms. The molecule has 3 nitrogen and oxygen atoms in total. The Bertz CT molecular complexity index is 233. The highest BCUT2D eigenvalue weighted by atomic mass is 28.1. The van der Waals surface area contributed by atoms with Gasteiger partial charge in [-0.15, -0.1) is 0 Å². The van der Waals surface area contributed by atoms with E-state index in [-0.39, 0.29) is 5.22 Å². The van der Waals surface area contributed by atoms with E-state index in [2.05, 4.69) is 41.5 Å². The molecule has 0 radical (unpaired) electrons. The van der Waals surface area contributed by atoms with Crippen LogP contribution in [0.15, 0.2) is 0 Å². The minimum absolute atomic E-state index is 0.307. The molecule has 0 heterocycles. The summed E-state index contributed by atoms with van der Waals surface area (Å²) < 4.78 is 5.48. The zero-order valence-electron chi connectivity index (χ0n) is 11.7. The quantitative estimate of drug-likeness (QED) is 0.750. The number of carbonyl (C=O) groups excluding carboxylic acids is 1. The maximum Gasteiger partial charge on any atom is 0.404 e. The molecule has 2 N–H and O–H groups in total. The van der Waals surface area contributed by atoms with Crippen LogP contribution in [-0.4, -0.2) is 21.6 Å². The lowest BCUT2D eigenvalue weighted by Crippen LogP contribution is -2.52. The van der Waals surface area contributed by atoms with Crippen LogP contribution in [0.2, 0.25) is 0 Å². The van der Waals surface area contributed by atoms with E-state index in [1.54, 1.807) is 0 Å². The van der Waals surface area contributed by atoms with Crippen LogP contribution in [0.25, 0.3) is 0 Å². The van der Waals surface area contributed by atoms with Gasteiger partial charge in [0.25, 0.3) is 0 Å². The highest BCUT2D eigenvalue weighted by Gasteiger charge is 2.43. The lowest BCUT2D eigenvalue weighted by atomic mass is 9.76. The third-order valence-corrected chi connectivity index (χ3v) is 5.59. The van der Waals surface area contributed by atoms with Gasteiger partial charge in [0.15, 0.2) is 0 Å². The Morgan fingerprint density at radius 1 is 1.12 bits per heavy atom. The van der Waals surface area contributed by atoms with Crippen molar-refractivity contribution in [1.29, 1.82) is 0 Å². The third-order valence-electron chi connectivity index (χ3n) is 3.57. The molecule has 0 aromatic rings. The van der Waals surface area contributed by atoms with Gasteiger partial charge in [-0.3, -0.25) is 0 Å². The molecule has 1 amide bonds. The van der Waals surface area contributed by atoms with Crippen LogP contribution >= 0.6 is 0 Å². The first kappa shape index (κ1) is 15.5. The molecule has 0 spiro atoms. The fourth-order valence-electron chi connectivity index (χ4n) is 2.88. The summed E-state index contributed by atoms with van der Waals surface area (Å²) in [6, 6.07) is 0. The van der Waals surface area contributed by atoms with Crippen molar-refractivity contribution in [2.24, 2.45) is 29.4 Å². The fourth-order valence-corrected chi connectivity index (χ4v) is 4.42. The number of hydrogen-bond acceptors (Lipinski definition) is 2. The summed E-state index contributed by atoms with van der Waals surface area (Å²) in [5.74, 6) is 1.65. The van der Waals surface area contributed by atoms with Crippen molar-refractivity contribution in [2.75, 3.05) is 0 Å². The van der Waals surface area contributed by atoms with Crippen LogP contribution in [0.3, 0.4) is 0 Å². The van der Waals surface area contributed by atoms with Gasteiger partial charge in [0.05, 0.1) is 15.5 Å². The van der Waals surface area contributed by atoms with Gasteiger partial charge >= 0.3 is 6.09 Å². The monoisotopic (exact) mass is 245 g/mol. The summed E-state index contributed by atoms with van der Waals surface area (Å²) in [6.45, 7) is 12.9. The average Bonchev–Trinajstić information content (AvgIpc) is 1.99. The summed E-state index contributed by atoms with van der Waals surface area (Å²) >= 11 is 0. The smallest absolute Gasteiger partial charge is 0.404 e. The SMILES string of the molecule is CC(C)C(C(C)C)C([SiH3])(OC(N)=O)C(C)C. The summed E-state index contributed by atoms with van der Waals surface area (Å²) in [5, 5.41) is -0.353. The Morgan fingerprint density at radius 3 is 1.69 bits per heavy atom. The second-order valence-corrected chi connectivity index (χ2v) is 7.34. The van der Waals surface area contributed by atoms with Gasteiger partial charge in [0.1, 0.15) is 0 Å². The predicted octanol–water partition coefficient (Wildman–Crippen LogP) is 1.73. The summed E-state index contributed by atoms with van der Waals surface area (Å²) in [6.07, 6.45) is -0.644. The largest absolute Gasteiger partial charge is 0.448 e. The van der Waals surface area contributed by atoms with E-state index in [0.29, 0.717) is 23.7 Å². The summed E-state index contributed by atoms with van der Waals surface area (Å²) in [5.41, 5.74) is 5.22. The van der Waals surface area contributed by atoms with Gasteiger partial charge in [-0.25, -0.2) is 4.79 Å². The van der Waals surface area contributed by atoms with Crippen molar-refractivity contribution >= 4 is 16.3 Å². The van der Waals surface area contributed by atoms with Crippen LogP contribution in [-0.2, 0) is 4.74 Å². The maximum absolute atomic E-state index is 11.1. The lowest BCUT2D eigenvalue weighted by Gasteiger charge is -2.44. The molecule has 16 heavy (non-hydrogen) atoms. The lowest BCUT2D eigenvalue weighted by molar-refractivity contribution is -0.0318. The molecular weight excluding hydrogens is 218 g/mol. The van der Waals surface area contributed by atoms with Crippen molar-refractivity contribution in [3.63, 3.8) is 0 Å². The van der Waals surface area contributed by atoms with Crippen molar-refractivity contribution in [3.8, 4) is 0 Å². The first-order valence-electron chi connectivity index (χ1n) is 6.11. The fraction of sp³-hybridized carbons (Fsp3) is 0.917.